The summed E-state index contributed by atoms with van der Waals surface area (Å²) < 4.78 is 0. The molecule has 0 spiro atoms. The normalized spacial score (nSPS) is 10.8. The number of rotatable bonds is 5. The highest BCUT2D eigenvalue weighted by Crippen LogP contribution is 2.22. The molecule has 0 bridgehead atoms. The van der Waals surface area contributed by atoms with Gasteiger partial charge in [0.2, 0.25) is 0 Å². The van der Waals surface area contributed by atoms with Crippen LogP contribution >= 0.6 is 0 Å². The zero-order valence-electron chi connectivity index (χ0n) is 13.1. The van der Waals surface area contributed by atoms with E-state index in [-0.39, 0.29) is 16.9 Å². The predicted octanol–water partition coefficient (Wildman–Crippen LogP) is 4.02. The molecule has 0 aliphatic carbocycles. The first-order chi connectivity index (χ1) is 11.3. The van der Waals surface area contributed by atoms with E-state index in [2.05, 4.69) is 0 Å². The van der Waals surface area contributed by atoms with Gasteiger partial charge in [-0.15, -0.1) is 0 Å². The summed E-state index contributed by atoms with van der Waals surface area (Å²) in [5, 5.41) is 21.8. The SMILES string of the molecule is Cc1ccc(/C=C/C(=O)c2ccc(C)c([N+](=O)[O-])c2)cc1[N+](=O)[O-]. The molecule has 0 fully saturated rings. The molecule has 0 aliphatic rings. The fourth-order valence-electron chi connectivity index (χ4n) is 2.15. The molecule has 0 radical (unpaired) electrons. The Morgan fingerprint density at radius 2 is 1.46 bits per heavy atom. The Bertz CT molecular complexity index is 871. The van der Waals surface area contributed by atoms with Crippen molar-refractivity contribution >= 4 is 23.2 Å². The second kappa shape index (κ2) is 6.82. The molecule has 0 aliphatic heterocycles. The number of hydrogen-bond donors (Lipinski definition) is 0. The summed E-state index contributed by atoms with van der Waals surface area (Å²) in [6.45, 7) is 3.22. The van der Waals surface area contributed by atoms with E-state index < -0.39 is 15.6 Å². The van der Waals surface area contributed by atoms with Crippen LogP contribution in [0.3, 0.4) is 0 Å². The number of carbonyl (C=O) groups excluding carboxylic acids is 1. The third-order valence-corrected chi connectivity index (χ3v) is 3.55. The van der Waals surface area contributed by atoms with E-state index in [4.69, 9.17) is 0 Å². The van der Waals surface area contributed by atoms with Crippen LogP contribution in [0.2, 0.25) is 0 Å². The van der Waals surface area contributed by atoms with Gasteiger partial charge >= 0.3 is 0 Å². The average Bonchev–Trinajstić information content (AvgIpc) is 2.53. The maximum absolute atomic E-state index is 12.1. The van der Waals surface area contributed by atoms with Gasteiger partial charge in [-0.2, -0.15) is 0 Å². The van der Waals surface area contributed by atoms with Crippen molar-refractivity contribution in [2.75, 3.05) is 0 Å². The van der Waals surface area contributed by atoms with Gasteiger partial charge in [-0.05, 0) is 25.5 Å². The molecular formula is C17H14N2O5. The summed E-state index contributed by atoms with van der Waals surface area (Å²) in [7, 11) is 0. The highest BCUT2D eigenvalue weighted by Gasteiger charge is 2.14. The number of allylic oxidation sites excluding steroid dienone is 1. The van der Waals surface area contributed by atoms with Crippen LogP contribution in [0.1, 0.15) is 27.0 Å². The molecule has 24 heavy (non-hydrogen) atoms. The fraction of sp³-hybridized carbons (Fsp3) is 0.118. The van der Waals surface area contributed by atoms with Gasteiger partial charge in [0.1, 0.15) is 0 Å². The summed E-state index contributed by atoms with van der Waals surface area (Å²) in [4.78, 5) is 33.0. The van der Waals surface area contributed by atoms with Crippen molar-refractivity contribution in [1.29, 1.82) is 0 Å². The quantitative estimate of drug-likeness (QED) is 0.357. The summed E-state index contributed by atoms with van der Waals surface area (Å²) in [6, 6.07) is 8.86. The molecule has 0 aromatic heterocycles. The number of ketones is 1. The van der Waals surface area contributed by atoms with E-state index in [0.29, 0.717) is 16.7 Å². The lowest BCUT2D eigenvalue weighted by Gasteiger charge is -2.00. The van der Waals surface area contributed by atoms with Crippen molar-refractivity contribution in [3.63, 3.8) is 0 Å². The molecule has 0 unspecified atom stereocenters. The molecular weight excluding hydrogens is 312 g/mol. The summed E-state index contributed by atoms with van der Waals surface area (Å²) >= 11 is 0. The second-order valence-corrected chi connectivity index (χ2v) is 5.26. The Kier molecular flexibility index (Phi) is 4.84. The first kappa shape index (κ1) is 17.0. The molecule has 0 heterocycles. The lowest BCUT2D eigenvalue weighted by Crippen LogP contribution is -1.98. The highest BCUT2D eigenvalue weighted by atomic mass is 16.6. The monoisotopic (exact) mass is 326 g/mol. The molecule has 0 amide bonds. The molecule has 0 atom stereocenters. The van der Waals surface area contributed by atoms with Gasteiger partial charge in [0.15, 0.2) is 5.78 Å². The van der Waals surface area contributed by atoms with Gasteiger partial charge < -0.3 is 0 Å². The standard InChI is InChI=1S/C17H14N2O5/c1-11-3-5-13(9-15(11)18(21)22)6-8-17(20)14-7-4-12(2)16(10-14)19(23)24/h3-10H,1-2H3/b8-6+. The molecule has 122 valence electrons. The summed E-state index contributed by atoms with van der Waals surface area (Å²) in [5.41, 5.74) is 1.52. The third kappa shape index (κ3) is 3.70. The van der Waals surface area contributed by atoms with E-state index in [1.807, 2.05) is 0 Å². The molecule has 2 aromatic rings. The lowest BCUT2D eigenvalue weighted by atomic mass is 10.0. The minimum Gasteiger partial charge on any atom is -0.289 e. The number of nitrogens with zero attached hydrogens (tertiary/aromatic N) is 2. The Hall–Kier alpha value is -3.35. The summed E-state index contributed by atoms with van der Waals surface area (Å²) in [6.07, 6.45) is 2.68. The van der Waals surface area contributed by atoms with Crippen LogP contribution in [0.4, 0.5) is 11.4 Å². The Balaban J connectivity index is 2.28. The van der Waals surface area contributed by atoms with Crippen molar-refractivity contribution in [2.24, 2.45) is 0 Å². The van der Waals surface area contributed by atoms with E-state index in [9.17, 15) is 25.0 Å². The zero-order valence-corrected chi connectivity index (χ0v) is 13.1. The maximum Gasteiger partial charge on any atom is 0.273 e. The zero-order chi connectivity index (χ0) is 17.9. The number of carbonyl (C=O) groups is 1. The molecule has 7 nitrogen and oxygen atoms in total. The third-order valence-electron chi connectivity index (χ3n) is 3.55. The molecule has 0 saturated carbocycles. The fourth-order valence-corrected chi connectivity index (χ4v) is 2.15. The lowest BCUT2D eigenvalue weighted by molar-refractivity contribution is -0.385. The Morgan fingerprint density at radius 3 is 2.04 bits per heavy atom. The van der Waals surface area contributed by atoms with Crippen molar-refractivity contribution in [3.05, 3.63) is 85.0 Å². The minimum absolute atomic E-state index is 0.0319. The molecule has 2 aromatic carbocycles. The molecule has 0 saturated heterocycles. The molecule has 7 heteroatoms. The van der Waals surface area contributed by atoms with Crippen LogP contribution in [0.5, 0.6) is 0 Å². The van der Waals surface area contributed by atoms with Crippen molar-refractivity contribution < 1.29 is 14.6 Å². The van der Waals surface area contributed by atoms with Crippen LogP contribution in [0.15, 0.2) is 42.5 Å². The van der Waals surface area contributed by atoms with Crippen LogP contribution in [0, 0.1) is 34.1 Å². The Labute approximate surface area is 137 Å². The van der Waals surface area contributed by atoms with Gasteiger partial charge in [0, 0.05) is 28.8 Å². The van der Waals surface area contributed by atoms with E-state index in [0.717, 1.165) is 0 Å². The number of benzene rings is 2. The average molecular weight is 326 g/mol. The van der Waals surface area contributed by atoms with Crippen LogP contribution in [-0.4, -0.2) is 15.6 Å². The number of nitro groups is 2. The van der Waals surface area contributed by atoms with Gasteiger partial charge in [-0.25, -0.2) is 0 Å². The van der Waals surface area contributed by atoms with Crippen molar-refractivity contribution in [2.45, 2.75) is 13.8 Å². The first-order valence-electron chi connectivity index (χ1n) is 7.02. The van der Waals surface area contributed by atoms with Crippen LogP contribution in [0.25, 0.3) is 6.08 Å². The van der Waals surface area contributed by atoms with Gasteiger partial charge in [0.05, 0.1) is 9.85 Å². The predicted molar refractivity (Wildman–Crippen MR) is 89.0 cm³/mol. The van der Waals surface area contributed by atoms with E-state index in [1.165, 1.54) is 36.4 Å². The van der Waals surface area contributed by atoms with E-state index in [1.54, 1.807) is 26.0 Å². The van der Waals surface area contributed by atoms with E-state index >= 15 is 0 Å². The largest absolute Gasteiger partial charge is 0.289 e. The maximum atomic E-state index is 12.1. The molecule has 0 N–H and O–H groups in total. The van der Waals surface area contributed by atoms with Crippen LogP contribution < -0.4 is 0 Å². The van der Waals surface area contributed by atoms with Crippen molar-refractivity contribution in [3.8, 4) is 0 Å². The Morgan fingerprint density at radius 1 is 0.917 bits per heavy atom. The molecule has 2 rings (SSSR count). The van der Waals surface area contributed by atoms with Gasteiger partial charge in [-0.1, -0.05) is 30.3 Å². The topological polar surface area (TPSA) is 103 Å². The number of nitro benzene ring substituents is 2. The van der Waals surface area contributed by atoms with Crippen LogP contribution in [-0.2, 0) is 0 Å². The van der Waals surface area contributed by atoms with Gasteiger partial charge in [-0.3, -0.25) is 25.0 Å². The summed E-state index contributed by atoms with van der Waals surface area (Å²) in [5.74, 6) is -0.415. The van der Waals surface area contributed by atoms with Gasteiger partial charge in [0.25, 0.3) is 11.4 Å². The smallest absolute Gasteiger partial charge is 0.273 e. The minimum atomic E-state index is -0.542. The first-order valence-corrected chi connectivity index (χ1v) is 7.02. The number of aryl methyl sites for hydroxylation is 2. The highest BCUT2D eigenvalue weighted by molar-refractivity contribution is 6.07. The second-order valence-electron chi connectivity index (χ2n) is 5.26. The van der Waals surface area contributed by atoms with Crippen molar-refractivity contribution in [1.82, 2.24) is 0 Å². The number of hydrogen-bond acceptors (Lipinski definition) is 5.